The van der Waals surface area contributed by atoms with E-state index in [4.69, 9.17) is 4.42 Å². The molecule has 0 saturated heterocycles. The fourth-order valence-corrected chi connectivity index (χ4v) is 3.77. The standard InChI is InChI=1S/C22H17NO3S/c1-16-11-13-19(14-12-16)27(24,25)23-22-20(17-7-3-2-4-8-17)15-18-9-5-6-10-21(18)26-22/h2-15H,1H3/b23-22-. The Balaban J connectivity index is 1.99. The van der Waals surface area contributed by atoms with Crippen molar-refractivity contribution in [3.8, 4) is 11.1 Å². The molecule has 0 aliphatic rings. The quantitative estimate of drug-likeness (QED) is 0.521. The van der Waals surface area contributed by atoms with Crippen LogP contribution in [0, 0.1) is 6.92 Å². The predicted octanol–water partition coefficient (Wildman–Crippen LogP) is 4.70. The highest BCUT2D eigenvalue weighted by Crippen LogP contribution is 2.22. The first kappa shape index (κ1) is 17.2. The van der Waals surface area contributed by atoms with Gasteiger partial charge in [0.25, 0.3) is 10.0 Å². The van der Waals surface area contributed by atoms with Gasteiger partial charge in [-0.1, -0.05) is 66.2 Å². The van der Waals surface area contributed by atoms with Gasteiger partial charge in [-0.05, 0) is 36.8 Å². The molecule has 0 saturated carbocycles. The van der Waals surface area contributed by atoms with Crippen LogP contribution < -0.4 is 5.55 Å². The van der Waals surface area contributed by atoms with E-state index in [0.29, 0.717) is 11.1 Å². The monoisotopic (exact) mass is 375 g/mol. The van der Waals surface area contributed by atoms with Gasteiger partial charge in [0.05, 0.1) is 4.90 Å². The SMILES string of the molecule is Cc1ccc(S(=O)(=O)/N=c2\oc3ccccc3cc2-c2ccccc2)cc1. The fraction of sp³-hybridized carbons (Fsp3) is 0.0455. The summed E-state index contributed by atoms with van der Waals surface area (Å²) in [6.45, 7) is 1.90. The average molecular weight is 375 g/mol. The summed E-state index contributed by atoms with van der Waals surface area (Å²) >= 11 is 0. The van der Waals surface area contributed by atoms with Crippen LogP contribution in [0.5, 0.6) is 0 Å². The highest BCUT2D eigenvalue weighted by atomic mass is 32.2. The van der Waals surface area contributed by atoms with E-state index in [1.807, 2.05) is 61.5 Å². The first-order chi connectivity index (χ1) is 13.0. The predicted molar refractivity (Wildman–Crippen MR) is 106 cm³/mol. The van der Waals surface area contributed by atoms with Crippen molar-refractivity contribution in [2.24, 2.45) is 4.40 Å². The summed E-state index contributed by atoms with van der Waals surface area (Å²) in [4.78, 5) is 0.135. The zero-order valence-corrected chi connectivity index (χ0v) is 15.5. The van der Waals surface area contributed by atoms with Gasteiger partial charge < -0.3 is 4.42 Å². The molecule has 5 heteroatoms. The molecule has 0 bridgehead atoms. The van der Waals surface area contributed by atoms with Crippen LogP contribution in [-0.4, -0.2) is 8.42 Å². The van der Waals surface area contributed by atoms with Gasteiger partial charge >= 0.3 is 0 Å². The summed E-state index contributed by atoms with van der Waals surface area (Å²) in [7, 11) is -3.90. The number of nitrogens with zero attached hydrogens (tertiary/aromatic N) is 1. The third kappa shape index (κ3) is 3.55. The van der Waals surface area contributed by atoms with E-state index >= 15 is 0 Å². The van der Waals surface area contributed by atoms with Crippen LogP contribution in [0.1, 0.15) is 5.56 Å². The molecule has 27 heavy (non-hydrogen) atoms. The van der Waals surface area contributed by atoms with Crippen LogP contribution >= 0.6 is 0 Å². The normalized spacial score (nSPS) is 12.4. The van der Waals surface area contributed by atoms with Gasteiger partial charge in [0.1, 0.15) is 5.58 Å². The number of hydrogen-bond donors (Lipinski definition) is 0. The van der Waals surface area contributed by atoms with Crippen LogP contribution in [0.3, 0.4) is 0 Å². The van der Waals surface area contributed by atoms with Gasteiger partial charge in [0.15, 0.2) is 0 Å². The molecule has 3 aromatic carbocycles. The molecule has 1 heterocycles. The second-order valence-corrected chi connectivity index (χ2v) is 7.85. The lowest BCUT2D eigenvalue weighted by atomic mass is 10.1. The van der Waals surface area contributed by atoms with E-state index in [9.17, 15) is 8.42 Å². The lowest BCUT2D eigenvalue weighted by Gasteiger charge is -2.05. The molecule has 0 unspecified atom stereocenters. The second kappa shape index (κ2) is 6.85. The van der Waals surface area contributed by atoms with Crippen LogP contribution in [0.4, 0.5) is 0 Å². The zero-order valence-electron chi connectivity index (χ0n) is 14.7. The Morgan fingerprint density at radius 1 is 0.815 bits per heavy atom. The lowest BCUT2D eigenvalue weighted by molar-refractivity contribution is 0.543. The number of sulfonamides is 1. The van der Waals surface area contributed by atoms with Crippen molar-refractivity contribution in [2.45, 2.75) is 11.8 Å². The largest absolute Gasteiger partial charge is 0.437 e. The van der Waals surface area contributed by atoms with Crippen molar-refractivity contribution in [3.63, 3.8) is 0 Å². The van der Waals surface area contributed by atoms with Crippen LogP contribution in [-0.2, 0) is 10.0 Å². The minimum Gasteiger partial charge on any atom is -0.437 e. The topological polar surface area (TPSA) is 59.6 Å². The van der Waals surface area contributed by atoms with Gasteiger partial charge in [-0.3, -0.25) is 0 Å². The molecule has 1 aromatic heterocycles. The van der Waals surface area contributed by atoms with Crippen molar-refractivity contribution in [3.05, 3.63) is 96.0 Å². The minimum atomic E-state index is -3.90. The van der Waals surface area contributed by atoms with Crippen molar-refractivity contribution in [1.82, 2.24) is 0 Å². The van der Waals surface area contributed by atoms with E-state index in [-0.39, 0.29) is 10.4 Å². The lowest BCUT2D eigenvalue weighted by Crippen LogP contribution is -2.11. The number of fused-ring (bicyclic) bond motifs is 1. The summed E-state index contributed by atoms with van der Waals surface area (Å²) in [6.07, 6.45) is 0. The Hall–Kier alpha value is -3.18. The molecule has 4 rings (SSSR count). The highest BCUT2D eigenvalue weighted by molar-refractivity contribution is 7.90. The Labute approximate surface area is 157 Å². The number of para-hydroxylation sites is 1. The zero-order chi connectivity index (χ0) is 18.9. The Morgan fingerprint density at radius 2 is 1.48 bits per heavy atom. The molecular weight excluding hydrogens is 358 g/mol. The van der Waals surface area contributed by atoms with E-state index in [2.05, 4.69) is 4.40 Å². The minimum absolute atomic E-state index is 0.0699. The maximum absolute atomic E-state index is 12.8. The van der Waals surface area contributed by atoms with Gasteiger partial charge in [-0.2, -0.15) is 8.42 Å². The summed E-state index contributed by atoms with van der Waals surface area (Å²) in [6, 6.07) is 25.5. The summed E-state index contributed by atoms with van der Waals surface area (Å²) in [5.74, 6) is 0. The van der Waals surface area contributed by atoms with Gasteiger partial charge in [-0.25, -0.2) is 0 Å². The molecule has 0 N–H and O–H groups in total. The van der Waals surface area contributed by atoms with E-state index < -0.39 is 10.0 Å². The number of aryl methyl sites for hydroxylation is 1. The van der Waals surface area contributed by atoms with Crippen molar-refractivity contribution >= 4 is 21.0 Å². The molecule has 4 aromatic rings. The first-order valence-corrected chi connectivity index (χ1v) is 9.93. The first-order valence-electron chi connectivity index (χ1n) is 8.49. The summed E-state index contributed by atoms with van der Waals surface area (Å²) in [5, 5.41) is 0.878. The average Bonchev–Trinajstić information content (AvgIpc) is 2.68. The van der Waals surface area contributed by atoms with Gasteiger partial charge in [0, 0.05) is 10.9 Å². The van der Waals surface area contributed by atoms with Crippen molar-refractivity contribution in [2.75, 3.05) is 0 Å². The second-order valence-electron chi connectivity index (χ2n) is 6.25. The molecule has 4 nitrogen and oxygen atoms in total. The third-order valence-electron chi connectivity index (χ3n) is 4.26. The van der Waals surface area contributed by atoms with E-state index in [1.165, 1.54) is 0 Å². The van der Waals surface area contributed by atoms with Gasteiger partial charge in [0.2, 0.25) is 5.55 Å². The number of rotatable bonds is 3. The van der Waals surface area contributed by atoms with Crippen molar-refractivity contribution in [1.29, 1.82) is 0 Å². The number of benzene rings is 3. The molecule has 0 radical (unpaired) electrons. The fourth-order valence-electron chi connectivity index (χ4n) is 2.83. The molecule has 0 aliphatic heterocycles. The van der Waals surface area contributed by atoms with Crippen LogP contribution in [0.15, 0.2) is 98.6 Å². The summed E-state index contributed by atoms with van der Waals surface area (Å²) < 4.78 is 35.5. The molecule has 0 fully saturated rings. The van der Waals surface area contributed by atoms with Crippen LogP contribution in [0.2, 0.25) is 0 Å². The molecular formula is C22H17NO3S. The maximum Gasteiger partial charge on any atom is 0.285 e. The summed E-state index contributed by atoms with van der Waals surface area (Å²) in [5.41, 5.74) is 3.10. The molecule has 0 atom stereocenters. The highest BCUT2D eigenvalue weighted by Gasteiger charge is 2.15. The molecule has 0 aliphatic carbocycles. The smallest absolute Gasteiger partial charge is 0.285 e. The Kier molecular flexibility index (Phi) is 4.38. The van der Waals surface area contributed by atoms with Gasteiger partial charge in [-0.15, -0.1) is 4.40 Å². The Morgan fingerprint density at radius 3 is 2.22 bits per heavy atom. The van der Waals surface area contributed by atoms with Crippen LogP contribution in [0.25, 0.3) is 22.1 Å². The molecule has 0 amide bonds. The molecule has 0 spiro atoms. The third-order valence-corrected chi connectivity index (χ3v) is 5.54. The van der Waals surface area contributed by atoms with Crippen molar-refractivity contribution < 1.29 is 12.8 Å². The Bertz CT molecular complexity index is 1270. The van der Waals surface area contributed by atoms with E-state index in [0.717, 1.165) is 16.5 Å². The van der Waals surface area contributed by atoms with E-state index in [1.54, 1.807) is 30.3 Å². The maximum atomic E-state index is 12.8. The number of hydrogen-bond acceptors (Lipinski definition) is 3. The molecule has 134 valence electrons.